The zero-order valence-corrected chi connectivity index (χ0v) is 16.0. The van der Waals surface area contributed by atoms with E-state index in [0.717, 1.165) is 11.1 Å². The summed E-state index contributed by atoms with van der Waals surface area (Å²) >= 11 is 5.98. The number of halogens is 1. The van der Waals surface area contributed by atoms with E-state index in [-0.39, 0.29) is 18.7 Å². The summed E-state index contributed by atoms with van der Waals surface area (Å²) in [6.07, 6.45) is 0.00378. The fourth-order valence-electron chi connectivity index (χ4n) is 2.79. The van der Waals surface area contributed by atoms with E-state index in [9.17, 15) is 9.59 Å². The van der Waals surface area contributed by atoms with Crippen LogP contribution in [0.25, 0.3) is 0 Å². The van der Waals surface area contributed by atoms with E-state index >= 15 is 0 Å². The Morgan fingerprint density at radius 2 is 1.96 bits per heavy atom. The number of carbonyl (C=O) groups is 2. The molecule has 2 aromatic rings. The second-order valence-corrected chi connectivity index (χ2v) is 6.53. The first-order valence-electron chi connectivity index (χ1n) is 8.54. The number of nitrogens with one attached hydrogen (secondary N) is 2. The Kier molecular flexibility index (Phi) is 7.49. The van der Waals surface area contributed by atoms with Crippen molar-refractivity contribution < 1.29 is 19.4 Å². The molecule has 0 fully saturated rings. The van der Waals surface area contributed by atoms with Crippen molar-refractivity contribution in [2.24, 2.45) is 0 Å². The molecule has 0 spiro atoms. The normalized spacial score (nSPS) is 11.5. The van der Waals surface area contributed by atoms with Crippen LogP contribution in [0.15, 0.2) is 42.5 Å². The third-order valence-corrected chi connectivity index (χ3v) is 4.34. The van der Waals surface area contributed by atoms with E-state index in [4.69, 9.17) is 21.4 Å². The third kappa shape index (κ3) is 6.18. The highest BCUT2D eigenvalue weighted by molar-refractivity contribution is 6.30. The molecule has 2 aromatic carbocycles. The number of aryl methyl sites for hydroxylation is 1. The minimum absolute atomic E-state index is 0.174. The maximum Gasteiger partial charge on any atom is 0.305 e. The Morgan fingerprint density at radius 3 is 2.63 bits per heavy atom. The van der Waals surface area contributed by atoms with Crippen molar-refractivity contribution in [1.29, 1.82) is 0 Å². The molecular formula is C20H23ClN2O4. The van der Waals surface area contributed by atoms with E-state index in [1.165, 1.54) is 0 Å². The molecule has 0 saturated carbocycles. The minimum Gasteiger partial charge on any atom is -0.495 e. The molecule has 1 unspecified atom stereocenters. The quantitative estimate of drug-likeness (QED) is 0.606. The lowest BCUT2D eigenvalue weighted by atomic mass is 9.98. The average molecular weight is 391 g/mol. The molecule has 2 rings (SSSR count). The Labute approximate surface area is 163 Å². The van der Waals surface area contributed by atoms with Crippen LogP contribution in [-0.4, -0.2) is 30.6 Å². The van der Waals surface area contributed by atoms with Gasteiger partial charge in [-0.3, -0.25) is 9.59 Å². The van der Waals surface area contributed by atoms with Crippen LogP contribution in [0, 0.1) is 6.92 Å². The van der Waals surface area contributed by atoms with Crippen molar-refractivity contribution in [1.82, 2.24) is 5.32 Å². The van der Waals surface area contributed by atoms with Crippen LogP contribution in [0.2, 0.25) is 5.02 Å². The van der Waals surface area contributed by atoms with Gasteiger partial charge in [0.2, 0.25) is 5.91 Å². The zero-order chi connectivity index (χ0) is 19.8. The molecule has 0 saturated heterocycles. The molecule has 0 heterocycles. The maximum absolute atomic E-state index is 12.3. The van der Waals surface area contributed by atoms with Crippen LogP contribution < -0.4 is 15.4 Å². The number of amides is 1. The molecule has 1 amide bonds. The van der Waals surface area contributed by atoms with Gasteiger partial charge in [0.05, 0.1) is 25.3 Å². The smallest absolute Gasteiger partial charge is 0.305 e. The number of rotatable bonds is 9. The summed E-state index contributed by atoms with van der Waals surface area (Å²) < 4.78 is 5.25. The summed E-state index contributed by atoms with van der Waals surface area (Å²) in [6, 6.07) is 12.0. The number of methoxy groups -OCH3 is 1. The van der Waals surface area contributed by atoms with Gasteiger partial charge in [-0.05, 0) is 36.2 Å². The van der Waals surface area contributed by atoms with Gasteiger partial charge in [0.1, 0.15) is 5.75 Å². The Balaban J connectivity index is 1.97. The van der Waals surface area contributed by atoms with Crippen LogP contribution in [0.5, 0.6) is 5.75 Å². The molecule has 0 aliphatic heterocycles. The second kappa shape index (κ2) is 9.83. The van der Waals surface area contributed by atoms with E-state index in [1.807, 2.05) is 31.2 Å². The molecular weight excluding hydrogens is 368 g/mol. The molecule has 3 N–H and O–H groups in total. The molecule has 0 aliphatic rings. The standard InChI is InChI=1S/C20H23ClN2O4/c1-13-5-3-4-6-15(13)16(12-20(25)26)23-19(24)9-10-22-17-11-14(21)7-8-18(17)27-2/h3-8,11,16,22H,9-10,12H2,1-2H3,(H,23,24)(H,25,26). The van der Waals surface area contributed by atoms with Crippen molar-refractivity contribution in [2.45, 2.75) is 25.8 Å². The topological polar surface area (TPSA) is 87.7 Å². The molecule has 6 nitrogen and oxygen atoms in total. The first-order valence-corrected chi connectivity index (χ1v) is 8.92. The molecule has 0 radical (unpaired) electrons. The predicted molar refractivity (Wildman–Crippen MR) is 105 cm³/mol. The number of anilines is 1. The Bertz CT molecular complexity index is 810. The zero-order valence-electron chi connectivity index (χ0n) is 15.3. The lowest BCUT2D eigenvalue weighted by molar-refractivity contribution is -0.137. The van der Waals surface area contributed by atoms with Crippen molar-refractivity contribution in [3.8, 4) is 5.75 Å². The molecule has 0 aliphatic carbocycles. The summed E-state index contributed by atoms with van der Waals surface area (Å²) in [4.78, 5) is 23.5. The maximum atomic E-state index is 12.3. The molecule has 0 bridgehead atoms. The number of ether oxygens (including phenoxy) is 1. The number of aliphatic carboxylic acids is 1. The molecule has 0 aromatic heterocycles. The van der Waals surface area contributed by atoms with Crippen molar-refractivity contribution in [3.05, 3.63) is 58.6 Å². The number of hydrogen-bond acceptors (Lipinski definition) is 4. The summed E-state index contributed by atoms with van der Waals surface area (Å²) in [7, 11) is 1.56. The van der Waals surface area contributed by atoms with E-state index in [0.29, 0.717) is 23.0 Å². The first-order chi connectivity index (χ1) is 12.9. The number of carboxylic acid groups (broad SMARTS) is 1. The highest BCUT2D eigenvalue weighted by Crippen LogP contribution is 2.27. The predicted octanol–water partition coefficient (Wildman–Crippen LogP) is 3.79. The summed E-state index contributed by atoms with van der Waals surface area (Å²) in [6.45, 7) is 2.25. The highest BCUT2D eigenvalue weighted by atomic mass is 35.5. The van der Waals surface area contributed by atoms with Gasteiger partial charge in [0.25, 0.3) is 0 Å². The second-order valence-electron chi connectivity index (χ2n) is 6.10. The molecule has 7 heteroatoms. The SMILES string of the molecule is COc1ccc(Cl)cc1NCCC(=O)NC(CC(=O)O)c1ccccc1C. The Hall–Kier alpha value is -2.73. The van der Waals surface area contributed by atoms with Crippen molar-refractivity contribution in [3.63, 3.8) is 0 Å². The minimum atomic E-state index is -0.967. The number of hydrogen-bond donors (Lipinski definition) is 3. The van der Waals surface area contributed by atoms with Crippen LogP contribution in [0.1, 0.15) is 30.0 Å². The number of carboxylic acids is 1. The number of carbonyl (C=O) groups excluding carboxylic acids is 1. The summed E-state index contributed by atoms with van der Waals surface area (Å²) in [5.41, 5.74) is 2.43. The van der Waals surface area contributed by atoms with Crippen LogP contribution in [0.3, 0.4) is 0 Å². The average Bonchev–Trinajstić information content (AvgIpc) is 2.61. The van der Waals surface area contributed by atoms with Gasteiger partial charge in [0, 0.05) is 18.0 Å². The monoisotopic (exact) mass is 390 g/mol. The van der Waals surface area contributed by atoms with Crippen LogP contribution in [0.4, 0.5) is 5.69 Å². The largest absolute Gasteiger partial charge is 0.495 e. The van der Waals surface area contributed by atoms with Gasteiger partial charge in [0.15, 0.2) is 0 Å². The van der Waals surface area contributed by atoms with Gasteiger partial charge in [-0.1, -0.05) is 35.9 Å². The van der Waals surface area contributed by atoms with E-state index in [2.05, 4.69) is 10.6 Å². The lowest BCUT2D eigenvalue weighted by Crippen LogP contribution is -2.31. The fraction of sp³-hybridized carbons (Fsp3) is 0.300. The summed E-state index contributed by atoms with van der Waals surface area (Å²) in [5.74, 6) is -0.577. The third-order valence-electron chi connectivity index (χ3n) is 4.11. The first kappa shape index (κ1) is 20.6. The van der Waals surface area contributed by atoms with Gasteiger partial charge in [-0.2, -0.15) is 0 Å². The highest BCUT2D eigenvalue weighted by Gasteiger charge is 2.19. The van der Waals surface area contributed by atoms with Gasteiger partial charge in [-0.25, -0.2) is 0 Å². The molecule has 144 valence electrons. The van der Waals surface area contributed by atoms with E-state index in [1.54, 1.807) is 25.3 Å². The van der Waals surface area contributed by atoms with E-state index < -0.39 is 12.0 Å². The van der Waals surface area contributed by atoms with Crippen molar-refractivity contribution >= 4 is 29.2 Å². The van der Waals surface area contributed by atoms with Gasteiger partial charge >= 0.3 is 5.97 Å². The van der Waals surface area contributed by atoms with Gasteiger partial charge in [-0.15, -0.1) is 0 Å². The van der Waals surface area contributed by atoms with Crippen LogP contribution in [-0.2, 0) is 9.59 Å². The molecule has 1 atom stereocenters. The molecule has 27 heavy (non-hydrogen) atoms. The number of benzene rings is 2. The van der Waals surface area contributed by atoms with Crippen LogP contribution >= 0.6 is 11.6 Å². The summed E-state index contributed by atoms with van der Waals surface area (Å²) in [5, 5.41) is 15.7. The van der Waals surface area contributed by atoms with Gasteiger partial charge < -0.3 is 20.5 Å². The lowest BCUT2D eigenvalue weighted by Gasteiger charge is -2.20. The fourth-order valence-corrected chi connectivity index (χ4v) is 2.96. The Morgan fingerprint density at radius 1 is 1.22 bits per heavy atom. The van der Waals surface area contributed by atoms with Crippen molar-refractivity contribution in [2.75, 3.05) is 19.0 Å².